The van der Waals surface area contributed by atoms with Crippen LogP contribution in [0, 0.1) is 0 Å². The first kappa shape index (κ1) is 18.8. The van der Waals surface area contributed by atoms with Gasteiger partial charge < -0.3 is 25.6 Å². The lowest BCUT2D eigenvalue weighted by atomic mass is 10.2. The molecule has 1 fully saturated rings. The van der Waals surface area contributed by atoms with Crippen molar-refractivity contribution in [2.24, 2.45) is 5.73 Å². The fourth-order valence-electron chi connectivity index (χ4n) is 2.83. The quantitative estimate of drug-likeness (QED) is 0.824. The number of piperazine rings is 1. The van der Waals surface area contributed by atoms with Gasteiger partial charge in [0.1, 0.15) is 5.75 Å². The van der Waals surface area contributed by atoms with E-state index in [4.69, 9.17) is 22.1 Å². The fraction of sp³-hybridized carbons (Fsp3) is 0.263. The van der Waals surface area contributed by atoms with Gasteiger partial charge in [0.2, 0.25) is 0 Å². The summed E-state index contributed by atoms with van der Waals surface area (Å²) in [7, 11) is 0. The second-order valence-corrected chi connectivity index (χ2v) is 6.60. The summed E-state index contributed by atoms with van der Waals surface area (Å²) < 4.78 is 5.19. The van der Waals surface area contributed by atoms with Gasteiger partial charge in [-0.05, 0) is 42.5 Å². The molecular weight excluding hydrogens is 368 g/mol. The van der Waals surface area contributed by atoms with Crippen LogP contribution in [0.1, 0.15) is 0 Å². The first-order chi connectivity index (χ1) is 13.0. The lowest BCUT2D eigenvalue weighted by Crippen LogP contribution is -2.50. The van der Waals surface area contributed by atoms with Crippen molar-refractivity contribution in [3.05, 3.63) is 53.6 Å². The molecule has 1 aliphatic rings. The van der Waals surface area contributed by atoms with E-state index >= 15 is 0 Å². The molecule has 3 N–H and O–H groups in total. The monoisotopic (exact) mass is 388 g/mol. The number of nitrogens with one attached hydrogen (secondary N) is 1. The predicted octanol–water partition coefficient (Wildman–Crippen LogP) is 2.56. The maximum Gasteiger partial charge on any atom is 0.321 e. The molecule has 0 radical (unpaired) electrons. The molecule has 2 aromatic rings. The topological polar surface area (TPSA) is 87.9 Å². The van der Waals surface area contributed by atoms with Crippen molar-refractivity contribution in [1.29, 1.82) is 0 Å². The summed E-state index contributed by atoms with van der Waals surface area (Å²) in [5, 5.41) is 3.57. The smallest absolute Gasteiger partial charge is 0.321 e. The standard InChI is InChI=1S/C19H21ClN4O3/c20-14-2-1-3-16(12-14)23-8-10-24(11-9-23)19(26)22-15-4-6-17(7-5-15)27-13-18(21)25/h1-7,12H,8-11,13H2,(H2,21,25)(H,22,26). The molecule has 0 saturated carbocycles. The summed E-state index contributed by atoms with van der Waals surface area (Å²) in [5.41, 5.74) is 6.76. The number of ether oxygens (including phenoxy) is 1. The molecule has 0 atom stereocenters. The van der Waals surface area contributed by atoms with Crippen molar-refractivity contribution >= 4 is 34.9 Å². The van der Waals surface area contributed by atoms with Crippen LogP contribution in [0.4, 0.5) is 16.2 Å². The third kappa shape index (κ3) is 5.27. The Kier molecular flexibility index (Phi) is 6.03. The zero-order valence-electron chi connectivity index (χ0n) is 14.7. The minimum absolute atomic E-state index is 0.147. The maximum atomic E-state index is 12.4. The Morgan fingerprint density at radius 3 is 2.41 bits per heavy atom. The molecule has 3 rings (SSSR count). The van der Waals surface area contributed by atoms with Crippen molar-refractivity contribution in [1.82, 2.24) is 4.90 Å². The molecule has 1 saturated heterocycles. The van der Waals surface area contributed by atoms with Crippen LogP contribution in [0.2, 0.25) is 5.02 Å². The van der Waals surface area contributed by atoms with Gasteiger partial charge >= 0.3 is 6.03 Å². The number of nitrogens with two attached hydrogens (primary N) is 1. The third-order valence-electron chi connectivity index (χ3n) is 4.23. The highest BCUT2D eigenvalue weighted by Crippen LogP contribution is 2.21. The molecule has 7 nitrogen and oxygen atoms in total. The molecule has 1 aliphatic heterocycles. The van der Waals surface area contributed by atoms with Crippen LogP contribution in [-0.4, -0.2) is 49.6 Å². The summed E-state index contributed by atoms with van der Waals surface area (Å²) in [5.74, 6) is -0.0220. The Bertz CT molecular complexity index is 805. The van der Waals surface area contributed by atoms with Gasteiger partial charge in [0, 0.05) is 42.6 Å². The highest BCUT2D eigenvalue weighted by atomic mass is 35.5. The van der Waals surface area contributed by atoms with Crippen LogP contribution in [0.3, 0.4) is 0 Å². The summed E-state index contributed by atoms with van der Waals surface area (Å²) in [4.78, 5) is 27.1. The van der Waals surface area contributed by atoms with Crippen LogP contribution in [0.25, 0.3) is 0 Å². The molecule has 0 unspecified atom stereocenters. The average Bonchev–Trinajstić information content (AvgIpc) is 2.67. The highest BCUT2D eigenvalue weighted by Gasteiger charge is 2.21. The Morgan fingerprint density at radius 1 is 1.07 bits per heavy atom. The van der Waals surface area contributed by atoms with Gasteiger partial charge in [0.15, 0.2) is 6.61 Å². The number of hydrogen-bond donors (Lipinski definition) is 2. The van der Waals surface area contributed by atoms with E-state index in [-0.39, 0.29) is 12.6 Å². The first-order valence-corrected chi connectivity index (χ1v) is 8.97. The number of halogens is 1. The van der Waals surface area contributed by atoms with E-state index in [0.29, 0.717) is 29.5 Å². The summed E-state index contributed by atoms with van der Waals surface area (Å²) in [6.45, 7) is 2.56. The van der Waals surface area contributed by atoms with Gasteiger partial charge in [-0.1, -0.05) is 17.7 Å². The molecule has 0 aromatic heterocycles. The van der Waals surface area contributed by atoms with Crippen molar-refractivity contribution < 1.29 is 14.3 Å². The largest absolute Gasteiger partial charge is 0.484 e. The van der Waals surface area contributed by atoms with Gasteiger partial charge in [-0.2, -0.15) is 0 Å². The van der Waals surface area contributed by atoms with E-state index in [1.54, 1.807) is 29.2 Å². The molecule has 142 valence electrons. The molecule has 0 bridgehead atoms. The van der Waals surface area contributed by atoms with E-state index in [2.05, 4.69) is 10.2 Å². The molecule has 1 heterocycles. The number of benzene rings is 2. The Hall–Kier alpha value is -2.93. The second kappa shape index (κ2) is 8.64. The van der Waals surface area contributed by atoms with Gasteiger partial charge in [-0.3, -0.25) is 4.79 Å². The average molecular weight is 389 g/mol. The van der Waals surface area contributed by atoms with E-state index in [1.807, 2.05) is 24.3 Å². The van der Waals surface area contributed by atoms with Crippen molar-refractivity contribution in [3.63, 3.8) is 0 Å². The van der Waals surface area contributed by atoms with Crippen LogP contribution in [-0.2, 0) is 4.79 Å². The van der Waals surface area contributed by atoms with E-state index in [9.17, 15) is 9.59 Å². The molecule has 0 spiro atoms. The van der Waals surface area contributed by atoms with Crippen LogP contribution in [0.15, 0.2) is 48.5 Å². The van der Waals surface area contributed by atoms with E-state index < -0.39 is 5.91 Å². The SMILES string of the molecule is NC(=O)COc1ccc(NC(=O)N2CCN(c3cccc(Cl)c3)CC2)cc1. The molecule has 0 aliphatic carbocycles. The maximum absolute atomic E-state index is 12.4. The van der Waals surface area contributed by atoms with Crippen molar-refractivity contribution in [3.8, 4) is 5.75 Å². The zero-order chi connectivity index (χ0) is 19.2. The van der Waals surface area contributed by atoms with Crippen LogP contribution >= 0.6 is 11.6 Å². The third-order valence-corrected chi connectivity index (χ3v) is 4.46. The second-order valence-electron chi connectivity index (χ2n) is 6.16. The number of hydrogen-bond acceptors (Lipinski definition) is 4. The number of anilines is 2. The van der Waals surface area contributed by atoms with Crippen molar-refractivity contribution in [2.75, 3.05) is 43.0 Å². The van der Waals surface area contributed by atoms with Crippen LogP contribution in [0.5, 0.6) is 5.75 Å². The fourth-order valence-corrected chi connectivity index (χ4v) is 3.02. The summed E-state index contributed by atoms with van der Waals surface area (Å²) in [6, 6.07) is 14.4. The molecule has 3 amide bonds. The lowest BCUT2D eigenvalue weighted by molar-refractivity contribution is -0.119. The normalized spacial score (nSPS) is 14.0. The number of carbonyl (C=O) groups excluding carboxylic acids is 2. The Morgan fingerprint density at radius 2 is 1.78 bits per heavy atom. The molecule has 8 heteroatoms. The number of amides is 3. The minimum Gasteiger partial charge on any atom is -0.484 e. The van der Waals surface area contributed by atoms with Gasteiger partial charge in [-0.15, -0.1) is 0 Å². The Labute approximate surface area is 162 Å². The summed E-state index contributed by atoms with van der Waals surface area (Å²) in [6.07, 6.45) is 0. The number of carbonyl (C=O) groups is 2. The lowest BCUT2D eigenvalue weighted by Gasteiger charge is -2.36. The molecule has 2 aromatic carbocycles. The van der Waals surface area contributed by atoms with E-state index in [1.165, 1.54) is 0 Å². The number of rotatable bonds is 5. The van der Waals surface area contributed by atoms with Gasteiger partial charge in [0.05, 0.1) is 0 Å². The van der Waals surface area contributed by atoms with Crippen LogP contribution < -0.4 is 20.7 Å². The number of primary amides is 1. The molecular formula is C19H21ClN4O3. The first-order valence-electron chi connectivity index (χ1n) is 8.59. The Balaban J connectivity index is 1.50. The van der Waals surface area contributed by atoms with Gasteiger partial charge in [-0.25, -0.2) is 4.79 Å². The van der Waals surface area contributed by atoms with Gasteiger partial charge in [0.25, 0.3) is 5.91 Å². The molecule has 27 heavy (non-hydrogen) atoms. The summed E-state index contributed by atoms with van der Waals surface area (Å²) >= 11 is 6.05. The number of nitrogens with zero attached hydrogens (tertiary/aromatic N) is 2. The number of urea groups is 1. The highest BCUT2D eigenvalue weighted by molar-refractivity contribution is 6.30. The zero-order valence-corrected chi connectivity index (χ0v) is 15.5. The van der Waals surface area contributed by atoms with Crippen molar-refractivity contribution in [2.45, 2.75) is 0 Å². The minimum atomic E-state index is -0.538. The predicted molar refractivity (Wildman–Crippen MR) is 105 cm³/mol. The van der Waals surface area contributed by atoms with E-state index in [0.717, 1.165) is 18.8 Å².